The van der Waals surface area contributed by atoms with E-state index < -0.39 is 0 Å². The average Bonchev–Trinajstić information content (AvgIpc) is 3.00. The molecule has 1 unspecified atom stereocenters. The average molecular weight is 347 g/mol. The third-order valence-electron chi connectivity index (χ3n) is 3.97. The Bertz CT molecular complexity index is 665. The second-order valence-corrected chi connectivity index (χ2v) is 6.52. The lowest BCUT2D eigenvalue weighted by Crippen LogP contribution is -2.39. The summed E-state index contributed by atoms with van der Waals surface area (Å²) in [6, 6.07) is 12.2. The van der Waals surface area contributed by atoms with E-state index in [0.29, 0.717) is 0 Å². The van der Waals surface area contributed by atoms with Crippen LogP contribution in [0.1, 0.15) is 19.8 Å². The van der Waals surface area contributed by atoms with E-state index in [1.807, 2.05) is 24.0 Å². The fourth-order valence-corrected chi connectivity index (χ4v) is 3.21. The topological polar surface area (TPSA) is 32.3 Å². The summed E-state index contributed by atoms with van der Waals surface area (Å²) in [4.78, 5) is 14.3. The van der Waals surface area contributed by atoms with Gasteiger partial charge in [-0.05, 0) is 54.8 Å². The summed E-state index contributed by atoms with van der Waals surface area (Å²) in [5.41, 5.74) is 0.991. The number of amides is 1. The maximum Gasteiger partial charge on any atom is 0.244 e. The van der Waals surface area contributed by atoms with E-state index in [-0.39, 0.29) is 11.9 Å². The monoisotopic (exact) mass is 346 g/mol. The number of likely N-dealkylation sites (tertiary alicyclic amines) is 1. The molecule has 2 aromatic rings. The molecule has 2 aromatic carbocycles. The van der Waals surface area contributed by atoms with Crippen LogP contribution in [0.5, 0.6) is 0 Å². The van der Waals surface area contributed by atoms with Gasteiger partial charge >= 0.3 is 0 Å². The minimum absolute atomic E-state index is 0.184. The van der Waals surface area contributed by atoms with Gasteiger partial charge in [0.05, 0.1) is 0 Å². The molecule has 0 spiro atoms. The predicted octanol–water partition coefficient (Wildman–Crippen LogP) is 4.03. The maximum absolute atomic E-state index is 12.3. The number of fused-ring (bicyclic) bond motifs is 1. The van der Waals surface area contributed by atoms with Gasteiger partial charge in [0.25, 0.3) is 0 Å². The molecule has 110 valence electrons. The van der Waals surface area contributed by atoms with Crippen LogP contribution in [0.25, 0.3) is 10.8 Å². The zero-order chi connectivity index (χ0) is 14.8. The molecule has 4 heteroatoms. The molecule has 1 heterocycles. The number of benzene rings is 2. The quantitative estimate of drug-likeness (QED) is 0.909. The number of carbonyl (C=O) groups is 1. The van der Waals surface area contributed by atoms with Crippen LogP contribution in [0.3, 0.4) is 0 Å². The van der Waals surface area contributed by atoms with Gasteiger partial charge in [-0.15, -0.1) is 0 Å². The Labute approximate surface area is 133 Å². The van der Waals surface area contributed by atoms with Crippen LogP contribution in [-0.4, -0.2) is 29.9 Å². The van der Waals surface area contributed by atoms with Gasteiger partial charge in [0.15, 0.2) is 0 Å². The normalized spacial score (nSPS) is 16.2. The minimum atomic E-state index is -0.184. The standard InChI is InChI=1S/C17H19BrN2O/c1-12(17(21)20-8-2-3-9-20)19-16-7-5-13-10-15(18)6-4-14(13)11-16/h4-7,10-12,19H,2-3,8-9H2,1H3. The Kier molecular flexibility index (Phi) is 4.15. The molecule has 3 nitrogen and oxygen atoms in total. The second-order valence-electron chi connectivity index (χ2n) is 5.60. The number of halogens is 1. The lowest BCUT2D eigenvalue weighted by Gasteiger charge is -2.22. The predicted molar refractivity (Wildman–Crippen MR) is 90.5 cm³/mol. The summed E-state index contributed by atoms with van der Waals surface area (Å²) in [6.45, 7) is 3.74. The summed E-state index contributed by atoms with van der Waals surface area (Å²) in [7, 11) is 0. The highest BCUT2D eigenvalue weighted by atomic mass is 79.9. The molecule has 0 aliphatic carbocycles. The number of nitrogens with zero attached hydrogens (tertiary/aromatic N) is 1. The largest absolute Gasteiger partial charge is 0.374 e. The third kappa shape index (κ3) is 3.21. The molecule has 1 amide bonds. The van der Waals surface area contributed by atoms with Gasteiger partial charge in [0, 0.05) is 23.2 Å². The van der Waals surface area contributed by atoms with E-state index in [0.717, 1.165) is 36.1 Å². The van der Waals surface area contributed by atoms with Crippen LogP contribution in [0.15, 0.2) is 40.9 Å². The Morgan fingerprint density at radius 2 is 1.81 bits per heavy atom. The van der Waals surface area contributed by atoms with Crippen LogP contribution in [0, 0.1) is 0 Å². The van der Waals surface area contributed by atoms with Gasteiger partial charge in [-0.1, -0.05) is 28.1 Å². The van der Waals surface area contributed by atoms with Gasteiger partial charge in [-0.3, -0.25) is 4.79 Å². The molecule has 0 aromatic heterocycles. The summed E-state index contributed by atoms with van der Waals surface area (Å²) >= 11 is 3.48. The number of nitrogens with one attached hydrogen (secondary N) is 1. The van der Waals surface area contributed by atoms with E-state index >= 15 is 0 Å². The fourth-order valence-electron chi connectivity index (χ4n) is 2.83. The number of hydrogen-bond donors (Lipinski definition) is 1. The van der Waals surface area contributed by atoms with Gasteiger partial charge in [0.1, 0.15) is 6.04 Å². The van der Waals surface area contributed by atoms with Crippen LogP contribution >= 0.6 is 15.9 Å². The van der Waals surface area contributed by atoms with Gasteiger partial charge in [-0.2, -0.15) is 0 Å². The van der Waals surface area contributed by atoms with Crippen LogP contribution < -0.4 is 5.32 Å². The summed E-state index contributed by atoms with van der Waals surface area (Å²) in [5, 5.41) is 5.68. The summed E-state index contributed by atoms with van der Waals surface area (Å²) in [5.74, 6) is 0.198. The number of carbonyl (C=O) groups excluding carboxylic acids is 1. The first kappa shape index (κ1) is 14.4. The zero-order valence-electron chi connectivity index (χ0n) is 12.1. The van der Waals surface area contributed by atoms with Crippen molar-refractivity contribution < 1.29 is 4.79 Å². The highest BCUT2D eigenvalue weighted by molar-refractivity contribution is 9.10. The molecule has 1 aliphatic heterocycles. The Morgan fingerprint density at radius 1 is 1.14 bits per heavy atom. The zero-order valence-corrected chi connectivity index (χ0v) is 13.7. The SMILES string of the molecule is CC(Nc1ccc2cc(Br)ccc2c1)C(=O)N1CCCC1. The molecule has 1 atom stereocenters. The summed E-state index contributed by atoms with van der Waals surface area (Å²) < 4.78 is 1.08. The van der Waals surface area contributed by atoms with Crippen molar-refractivity contribution in [1.29, 1.82) is 0 Å². The first-order valence-electron chi connectivity index (χ1n) is 7.38. The van der Waals surface area contributed by atoms with Crippen molar-refractivity contribution >= 4 is 38.3 Å². The van der Waals surface area contributed by atoms with Crippen LogP contribution in [0.4, 0.5) is 5.69 Å². The van der Waals surface area contributed by atoms with Crippen molar-refractivity contribution in [3.63, 3.8) is 0 Å². The van der Waals surface area contributed by atoms with E-state index in [1.165, 1.54) is 10.8 Å². The lowest BCUT2D eigenvalue weighted by atomic mass is 10.1. The van der Waals surface area contributed by atoms with Gasteiger partial charge < -0.3 is 10.2 Å². The van der Waals surface area contributed by atoms with Crippen molar-refractivity contribution in [2.24, 2.45) is 0 Å². The third-order valence-corrected chi connectivity index (χ3v) is 4.47. The molecule has 0 radical (unpaired) electrons. The number of hydrogen-bond acceptors (Lipinski definition) is 2. The van der Waals surface area contributed by atoms with Crippen LogP contribution in [-0.2, 0) is 4.79 Å². The van der Waals surface area contributed by atoms with E-state index in [9.17, 15) is 4.79 Å². The molecule has 1 saturated heterocycles. The number of rotatable bonds is 3. The van der Waals surface area contributed by atoms with Crippen molar-refractivity contribution in [2.45, 2.75) is 25.8 Å². The minimum Gasteiger partial charge on any atom is -0.374 e. The van der Waals surface area contributed by atoms with Crippen molar-refractivity contribution in [3.8, 4) is 0 Å². The fraction of sp³-hybridized carbons (Fsp3) is 0.353. The Balaban J connectivity index is 1.74. The molecule has 1 aliphatic rings. The summed E-state index contributed by atoms with van der Waals surface area (Å²) in [6.07, 6.45) is 2.26. The Morgan fingerprint density at radius 3 is 2.57 bits per heavy atom. The first-order valence-corrected chi connectivity index (χ1v) is 8.17. The van der Waals surface area contributed by atoms with Crippen molar-refractivity contribution in [1.82, 2.24) is 4.90 Å². The highest BCUT2D eigenvalue weighted by Gasteiger charge is 2.22. The molecule has 21 heavy (non-hydrogen) atoms. The highest BCUT2D eigenvalue weighted by Crippen LogP contribution is 2.23. The molecule has 3 rings (SSSR count). The molecule has 0 saturated carbocycles. The van der Waals surface area contributed by atoms with Crippen molar-refractivity contribution in [3.05, 3.63) is 40.9 Å². The van der Waals surface area contributed by atoms with E-state index in [2.05, 4.69) is 45.5 Å². The van der Waals surface area contributed by atoms with Crippen molar-refractivity contribution in [2.75, 3.05) is 18.4 Å². The molecule has 0 bridgehead atoms. The lowest BCUT2D eigenvalue weighted by molar-refractivity contribution is -0.130. The van der Waals surface area contributed by atoms with Gasteiger partial charge in [0.2, 0.25) is 5.91 Å². The molecule has 1 N–H and O–H groups in total. The smallest absolute Gasteiger partial charge is 0.244 e. The van der Waals surface area contributed by atoms with E-state index in [1.54, 1.807) is 0 Å². The van der Waals surface area contributed by atoms with Gasteiger partial charge in [-0.25, -0.2) is 0 Å². The molecular weight excluding hydrogens is 328 g/mol. The molecular formula is C17H19BrN2O. The second kappa shape index (κ2) is 6.06. The van der Waals surface area contributed by atoms with Crippen LogP contribution in [0.2, 0.25) is 0 Å². The Hall–Kier alpha value is -1.55. The number of anilines is 1. The van der Waals surface area contributed by atoms with E-state index in [4.69, 9.17) is 0 Å². The maximum atomic E-state index is 12.3. The molecule has 1 fully saturated rings. The first-order chi connectivity index (χ1) is 10.1.